The standard InChI is InChI=1S/C21H18N2O3/c24-19(10-11-26-14-15-6-2-1-3-7-15)23-13-17-12-16-8-4-5-9-18(16)22-20(17)21(23)25/h1-9,12H,10-11,13-14H2. The van der Waals surface area contributed by atoms with Crippen molar-refractivity contribution < 1.29 is 14.3 Å². The smallest absolute Gasteiger partial charge is 0.279 e. The molecule has 0 N–H and O–H groups in total. The molecule has 5 nitrogen and oxygen atoms in total. The second kappa shape index (κ2) is 7.06. The van der Waals surface area contributed by atoms with Crippen molar-refractivity contribution >= 4 is 22.7 Å². The van der Waals surface area contributed by atoms with Gasteiger partial charge in [-0.1, -0.05) is 48.5 Å². The Bertz CT molecular complexity index is 969. The number of fused-ring (bicyclic) bond motifs is 2. The van der Waals surface area contributed by atoms with Crippen LogP contribution in [0.25, 0.3) is 10.9 Å². The van der Waals surface area contributed by atoms with Crippen LogP contribution in [0.1, 0.15) is 28.0 Å². The van der Waals surface area contributed by atoms with Crippen LogP contribution in [0.15, 0.2) is 60.7 Å². The van der Waals surface area contributed by atoms with E-state index in [0.717, 1.165) is 22.0 Å². The Morgan fingerprint density at radius 3 is 2.69 bits per heavy atom. The highest BCUT2D eigenvalue weighted by Gasteiger charge is 2.33. The predicted octanol–water partition coefficient (Wildman–Crippen LogP) is 3.32. The van der Waals surface area contributed by atoms with Gasteiger partial charge < -0.3 is 4.74 Å². The van der Waals surface area contributed by atoms with Crippen molar-refractivity contribution in [3.63, 3.8) is 0 Å². The molecule has 0 saturated heterocycles. The lowest BCUT2D eigenvalue weighted by molar-refractivity contribution is -0.130. The molecule has 0 bridgehead atoms. The topological polar surface area (TPSA) is 59.5 Å². The zero-order chi connectivity index (χ0) is 17.9. The molecule has 2 heterocycles. The van der Waals surface area contributed by atoms with Crippen molar-refractivity contribution in [2.75, 3.05) is 6.61 Å². The van der Waals surface area contributed by atoms with Crippen LogP contribution in [-0.4, -0.2) is 28.3 Å². The molecule has 130 valence electrons. The maximum Gasteiger partial charge on any atom is 0.279 e. The van der Waals surface area contributed by atoms with Gasteiger partial charge in [-0.25, -0.2) is 4.98 Å². The number of nitrogens with zero attached hydrogens (tertiary/aromatic N) is 2. The van der Waals surface area contributed by atoms with Gasteiger partial charge >= 0.3 is 0 Å². The lowest BCUT2D eigenvalue weighted by Crippen LogP contribution is -2.32. The van der Waals surface area contributed by atoms with Gasteiger partial charge in [-0.2, -0.15) is 0 Å². The highest BCUT2D eigenvalue weighted by Crippen LogP contribution is 2.25. The molecule has 2 aromatic carbocycles. The number of aromatic nitrogens is 1. The minimum Gasteiger partial charge on any atom is -0.376 e. The SMILES string of the molecule is O=C(CCOCc1ccccc1)N1Cc2cc3ccccc3nc2C1=O. The second-order valence-corrected chi connectivity index (χ2v) is 6.26. The van der Waals surface area contributed by atoms with Gasteiger partial charge in [0.25, 0.3) is 5.91 Å². The number of carbonyl (C=O) groups excluding carboxylic acids is 2. The number of carbonyl (C=O) groups is 2. The number of imide groups is 1. The molecule has 5 heteroatoms. The number of hydrogen-bond acceptors (Lipinski definition) is 4. The van der Waals surface area contributed by atoms with Crippen LogP contribution in [0.5, 0.6) is 0 Å². The Balaban J connectivity index is 1.38. The van der Waals surface area contributed by atoms with E-state index in [0.29, 0.717) is 12.3 Å². The summed E-state index contributed by atoms with van der Waals surface area (Å²) in [6, 6.07) is 19.4. The number of para-hydroxylation sites is 1. The Morgan fingerprint density at radius 1 is 1.08 bits per heavy atom. The molecule has 0 aliphatic carbocycles. The van der Waals surface area contributed by atoms with E-state index in [4.69, 9.17) is 4.74 Å². The third-order valence-electron chi connectivity index (χ3n) is 4.45. The Kier molecular flexibility index (Phi) is 4.46. The van der Waals surface area contributed by atoms with Gasteiger partial charge in [0.05, 0.1) is 31.7 Å². The van der Waals surface area contributed by atoms with Crippen molar-refractivity contribution in [1.29, 1.82) is 0 Å². The number of benzene rings is 2. The van der Waals surface area contributed by atoms with E-state index >= 15 is 0 Å². The van der Waals surface area contributed by atoms with Crippen molar-refractivity contribution in [2.45, 2.75) is 19.6 Å². The summed E-state index contributed by atoms with van der Waals surface area (Å²) in [4.78, 5) is 30.7. The molecule has 0 radical (unpaired) electrons. The number of hydrogen-bond donors (Lipinski definition) is 0. The van der Waals surface area contributed by atoms with E-state index in [1.807, 2.05) is 60.7 Å². The summed E-state index contributed by atoms with van der Waals surface area (Å²) >= 11 is 0. The summed E-state index contributed by atoms with van der Waals surface area (Å²) in [6.07, 6.45) is 0.173. The van der Waals surface area contributed by atoms with Crippen LogP contribution < -0.4 is 0 Å². The highest BCUT2D eigenvalue weighted by atomic mass is 16.5. The number of ether oxygens (including phenoxy) is 1. The fourth-order valence-corrected chi connectivity index (χ4v) is 3.10. The van der Waals surface area contributed by atoms with Crippen LogP contribution in [0.2, 0.25) is 0 Å². The van der Waals surface area contributed by atoms with Gasteiger partial charge in [0, 0.05) is 10.9 Å². The lowest BCUT2D eigenvalue weighted by Gasteiger charge is -2.13. The Labute approximate surface area is 151 Å². The molecule has 2 amide bonds. The van der Waals surface area contributed by atoms with Gasteiger partial charge in [-0.15, -0.1) is 0 Å². The minimum atomic E-state index is -0.321. The summed E-state index contributed by atoms with van der Waals surface area (Å²) in [5.41, 5.74) is 3.00. The second-order valence-electron chi connectivity index (χ2n) is 6.26. The van der Waals surface area contributed by atoms with Crippen molar-refractivity contribution in [1.82, 2.24) is 9.88 Å². The number of pyridine rings is 1. The average molecular weight is 346 g/mol. The largest absolute Gasteiger partial charge is 0.376 e. The maximum absolute atomic E-state index is 12.5. The van der Waals surface area contributed by atoms with Crippen LogP contribution in [0.3, 0.4) is 0 Å². The predicted molar refractivity (Wildman–Crippen MR) is 97.3 cm³/mol. The molecular formula is C21H18N2O3. The first-order chi connectivity index (χ1) is 12.7. The fraction of sp³-hybridized carbons (Fsp3) is 0.190. The molecule has 1 aliphatic rings. The zero-order valence-electron chi connectivity index (χ0n) is 14.2. The molecule has 26 heavy (non-hydrogen) atoms. The fourth-order valence-electron chi connectivity index (χ4n) is 3.10. The molecule has 0 fully saturated rings. The quantitative estimate of drug-likeness (QED) is 0.665. The third-order valence-corrected chi connectivity index (χ3v) is 4.45. The van der Waals surface area contributed by atoms with E-state index in [9.17, 15) is 9.59 Å². The molecule has 0 saturated carbocycles. The van der Waals surface area contributed by atoms with Gasteiger partial charge in [0.2, 0.25) is 5.91 Å². The monoisotopic (exact) mass is 346 g/mol. The van der Waals surface area contributed by atoms with Crippen molar-refractivity contribution in [3.8, 4) is 0 Å². The molecule has 1 aliphatic heterocycles. The summed E-state index contributed by atoms with van der Waals surface area (Å²) in [7, 11) is 0. The number of amides is 2. The van der Waals surface area contributed by atoms with Gasteiger partial charge in [-0.3, -0.25) is 14.5 Å². The van der Waals surface area contributed by atoms with Crippen LogP contribution in [-0.2, 0) is 22.7 Å². The third kappa shape index (κ3) is 3.21. The molecular weight excluding hydrogens is 328 g/mol. The normalized spacial score (nSPS) is 13.2. The Morgan fingerprint density at radius 2 is 1.85 bits per heavy atom. The van der Waals surface area contributed by atoms with E-state index in [1.165, 1.54) is 4.90 Å². The molecule has 3 aromatic rings. The molecule has 4 rings (SSSR count). The molecule has 1 aromatic heterocycles. The van der Waals surface area contributed by atoms with E-state index in [-0.39, 0.29) is 31.4 Å². The number of rotatable bonds is 5. The van der Waals surface area contributed by atoms with Crippen LogP contribution in [0, 0.1) is 0 Å². The first kappa shape index (κ1) is 16.4. The van der Waals surface area contributed by atoms with Crippen LogP contribution in [0.4, 0.5) is 0 Å². The molecule has 0 atom stereocenters. The summed E-state index contributed by atoms with van der Waals surface area (Å²) in [5, 5.41) is 0.972. The zero-order valence-corrected chi connectivity index (χ0v) is 14.2. The van der Waals surface area contributed by atoms with E-state index in [2.05, 4.69) is 4.98 Å². The average Bonchev–Trinajstić information content (AvgIpc) is 3.00. The summed E-state index contributed by atoms with van der Waals surface area (Å²) < 4.78 is 5.55. The Hall–Kier alpha value is -3.05. The van der Waals surface area contributed by atoms with Crippen LogP contribution >= 0.6 is 0 Å². The van der Waals surface area contributed by atoms with Crippen molar-refractivity contribution in [3.05, 3.63) is 77.5 Å². The molecule has 0 spiro atoms. The maximum atomic E-state index is 12.5. The van der Waals surface area contributed by atoms with Gasteiger partial charge in [0.15, 0.2) is 0 Å². The summed E-state index contributed by atoms with van der Waals surface area (Å²) in [6.45, 7) is 1.02. The van der Waals surface area contributed by atoms with E-state index in [1.54, 1.807) is 0 Å². The van der Waals surface area contributed by atoms with Gasteiger partial charge in [-0.05, 0) is 17.7 Å². The summed E-state index contributed by atoms with van der Waals surface area (Å²) in [5.74, 6) is -0.552. The van der Waals surface area contributed by atoms with E-state index < -0.39 is 0 Å². The molecule has 0 unspecified atom stereocenters. The first-order valence-corrected chi connectivity index (χ1v) is 8.57. The lowest BCUT2D eigenvalue weighted by atomic mass is 10.1. The first-order valence-electron chi connectivity index (χ1n) is 8.57. The highest BCUT2D eigenvalue weighted by molar-refractivity contribution is 6.08. The van der Waals surface area contributed by atoms with Gasteiger partial charge in [0.1, 0.15) is 5.69 Å². The minimum absolute atomic E-state index is 0.173. The van der Waals surface area contributed by atoms with Crippen molar-refractivity contribution in [2.24, 2.45) is 0 Å².